The second-order valence-electron chi connectivity index (χ2n) is 4.44. The predicted octanol–water partition coefficient (Wildman–Crippen LogP) is -0.500. The average molecular weight is 253 g/mol. The van der Waals surface area contributed by atoms with Gasteiger partial charge < -0.3 is 5.11 Å². The summed E-state index contributed by atoms with van der Waals surface area (Å²) in [6.07, 6.45) is 1.58. The van der Waals surface area contributed by atoms with Gasteiger partial charge in [0.2, 0.25) is 0 Å². The molecule has 7 heteroatoms. The van der Waals surface area contributed by atoms with Gasteiger partial charge in [-0.1, -0.05) is 0 Å². The van der Waals surface area contributed by atoms with Gasteiger partial charge in [-0.2, -0.15) is 5.10 Å². The summed E-state index contributed by atoms with van der Waals surface area (Å²) in [5.41, 5.74) is 0. The van der Waals surface area contributed by atoms with E-state index < -0.39 is 5.97 Å². The lowest BCUT2D eigenvalue weighted by molar-refractivity contribution is -0.138. The van der Waals surface area contributed by atoms with Crippen LogP contribution in [0.1, 0.15) is 12.7 Å². The summed E-state index contributed by atoms with van der Waals surface area (Å²) in [5.74, 6) is 0.221. The Balaban J connectivity index is 1.81. The minimum absolute atomic E-state index is 0.138. The van der Waals surface area contributed by atoms with Crippen LogP contribution in [0.3, 0.4) is 0 Å². The average Bonchev–Trinajstić information content (AvgIpc) is 2.78. The molecule has 100 valence electrons. The molecule has 0 bridgehead atoms. The maximum absolute atomic E-state index is 10.6. The summed E-state index contributed by atoms with van der Waals surface area (Å²) in [5, 5.41) is 12.9. The fraction of sp³-hybridized carbons (Fsp3) is 0.727. The molecule has 18 heavy (non-hydrogen) atoms. The Morgan fingerprint density at radius 2 is 2.00 bits per heavy atom. The minimum atomic E-state index is -0.755. The fourth-order valence-electron chi connectivity index (χ4n) is 2.17. The third-order valence-corrected chi connectivity index (χ3v) is 3.18. The monoisotopic (exact) mass is 253 g/mol. The lowest BCUT2D eigenvalue weighted by Gasteiger charge is -2.33. The van der Waals surface area contributed by atoms with Gasteiger partial charge in [-0.3, -0.25) is 14.6 Å². The first-order valence-corrected chi connectivity index (χ1v) is 6.22. The van der Waals surface area contributed by atoms with Gasteiger partial charge in [-0.15, -0.1) is 0 Å². The summed E-state index contributed by atoms with van der Waals surface area (Å²) in [7, 11) is 0. The molecule has 1 fully saturated rings. The van der Waals surface area contributed by atoms with Gasteiger partial charge in [-0.05, 0) is 6.92 Å². The zero-order valence-electron chi connectivity index (χ0n) is 10.6. The molecule has 1 aromatic heterocycles. The molecule has 0 radical (unpaired) electrons. The maximum Gasteiger partial charge on any atom is 0.317 e. The number of carboxylic acids is 1. The van der Waals surface area contributed by atoms with Crippen LogP contribution < -0.4 is 0 Å². The van der Waals surface area contributed by atoms with E-state index in [2.05, 4.69) is 15.0 Å². The van der Waals surface area contributed by atoms with E-state index >= 15 is 0 Å². The van der Waals surface area contributed by atoms with Gasteiger partial charge >= 0.3 is 5.97 Å². The van der Waals surface area contributed by atoms with Crippen molar-refractivity contribution in [3.05, 3.63) is 12.2 Å². The zero-order valence-corrected chi connectivity index (χ0v) is 10.6. The highest BCUT2D eigenvalue weighted by Crippen LogP contribution is 2.06. The molecule has 2 rings (SSSR count). The molecule has 1 aliphatic heterocycles. The smallest absolute Gasteiger partial charge is 0.317 e. The summed E-state index contributed by atoms with van der Waals surface area (Å²) < 4.78 is 1.89. The second kappa shape index (κ2) is 5.92. The third kappa shape index (κ3) is 3.27. The number of nitrogens with zero attached hydrogens (tertiary/aromatic N) is 5. The molecule has 2 heterocycles. The normalized spacial score (nSPS) is 18.1. The molecular weight excluding hydrogens is 234 g/mol. The van der Waals surface area contributed by atoms with E-state index in [4.69, 9.17) is 5.11 Å². The largest absolute Gasteiger partial charge is 0.480 e. The Kier molecular flexibility index (Phi) is 4.27. The van der Waals surface area contributed by atoms with Crippen LogP contribution >= 0.6 is 0 Å². The quantitative estimate of drug-likeness (QED) is 0.762. The molecule has 7 nitrogen and oxygen atoms in total. The summed E-state index contributed by atoms with van der Waals surface area (Å²) >= 11 is 0. The van der Waals surface area contributed by atoms with Crippen LogP contribution in [0.2, 0.25) is 0 Å². The van der Waals surface area contributed by atoms with Crippen molar-refractivity contribution < 1.29 is 9.90 Å². The lowest BCUT2D eigenvalue weighted by Crippen LogP contribution is -2.47. The fourth-order valence-corrected chi connectivity index (χ4v) is 2.17. The first-order valence-electron chi connectivity index (χ1n) is 6.22. The first kappa shape index (κ1) is 13.0. The lowest BCUT2D eigenvalue weighted by atomic mass is 10.3. The van der Waals surface area contributed by atoms with Crippen LogP contribution in [0.4, 0.5) is 0 Å². The number of aryl methyl sites for hydroxylation is 1. The van der Waals surface area contributed by atoms with Gasteiger partial charge in [0.25, 0.3) is 0 Å². The van der Waals surface area contributed by atoms with Crippen molar-refractivity contribution in [2.24, 2.45) is 0 Å². The van der Waals surface area contributed by atoms with Gasteiger partial charge in [0.15, 0.2) is 0 Å². The second-order valence-corrected chi connectivity index (χ2v) is 4.44. The van der Waals surface area contributed by atoms with Crippen molar-refractivity contribution in [3.8, 4) is 0 Å². The first-order chi connectivity index (χ1) is 8.69. The Morgan fingerprint density at radius 3 is 2.61 bits per heavy atom. The van der Waals surface area contributed by atoms with E-state index in [1.807, 2.05) is 16.5 Å². The highest BCUT2D eigenvalue weighted by atomic mass is 16.4. The number of aromatic nitrogens is 3. The number of piperazine rings is 1. The molecule has 0 amide bonds. The van der Waals surface area contributed by atoms with Crippen LogP contribution in [-0.2, 0) is 17.9 Å². The number of carbonyl (C=O) groups is 1. The summed E-state index contributed by atoms with van der Waals surface area (Å²) in [6.45, 7) is 7.15. The standard InChI is InChI=1S/C11H19N5O2/c1-2-16-10(12-9-13-16)7-14-3-5-15(6-4-14)8-11(17)18/h9H,2-8H2,1H3,(H,17,18). The summed E-state index contributed by atoms with van der Waals surface area (Å²) in [6, 6.07) is 0. The van der Waals surface area contributed by atoms with Crippen molar-refractivity contribution in [3.63, 3.8) is 0 Å². The van der Waals surface area contributed by atoms with Gasteiger partial charge in [-0.25, -0.2) is 9.67 Å². The van der Waals surface area contributed by atoms with Crippen molar-refractivity contribution in [1.82, 2.24) is 24.6 Å². The van der Waals surface area contributed by atoms with Crippen LogP contribution in [0, 0.1) is 0 Å². The van der Waals surface area contributed by atoms with Crippen molar-refractivity contribution >= 4 is 5.97 Å². The van der Waals surface area contributed by atoms with Gasteiger partial charge in [0, 0.05) is 32.7 Å². The van der Waals surface area contributed by atoms with E-state index in [9.17, 15) is 4.79 Å². The van der Waals surface area contributed by atoms with Gasteiger partial charge in [0.05, 0.1) is 13.1 Å². The Morgan fingerprint density at radius 1 is 1.33 bits per heavy atom. The number of hydrogen-bond acceptors (Lipinski definition) is 5. The molecule has 0 saturated carbocycles. The molecule has 1 aliphatic rings. The van der Waals surface area contributed by atoms with Crippen LogP contribution in [-0.4, -0.2) is 68.4 Å². The van der Waals surface area contributed by atoms with Crippen LogP contribution in [0.25, 0.3) is 0 Å². The van der Waals surface area contributed by atoms with Gasteiger partial charge in [0.1, 0.15) is 12.2 Å². The molecule has 1 saturated heterocycles. The molecule has 0 spiro atoms. The van der Waals surface area contributed by atoms with E-state index in [0.29, 0.717) is 0 Å². The van der Waals surface area contributed by atoms with E-state index in [-0.39, 0.29) is 6.54 Å². The number of hydrogen-bond donors (Lipinski definition) is 1. The van der Waals surface area contributed by atoms with Crippen molar-refractivity contribution in [1.29, 1.82) is 0 Å². The number of rotatable bonds is 5. The number of carboxylic acid groups (broad SMARTS) is 1. The highest BCUT2D eigenvalue weighted by molar-refractivity contribution is 5.69. The topological polar surface area (TPSA) is 74.5 Å². The van der Waals surface area contributed by atoms with Crippen molar-refractivity contribution in [2.75, 3.05) is 32.7 Å². The Hall–Kier alpha value is -1.47. The number of aliphatic carboxylic acids is 1. The molecule has 1 N–H and O–H groups in total. The van der Waals surface area contributed by atoms with Crippen LogP contribution in [0.5, 0.6) is 0 Å². The van der Waals surface area contributed by atoms with E-state index in [1.54, 1.807) is 6.33 Å². The maximum atomic E-state index is 10.6. The predicted molar refractivity (Wildman–Crippen MR) is 65.0 cm³/mol. The van der Waals surface area contributed by atoms with E-state index in [0.717, 1.165) is 45.1 Å². The minimum Gasteiger partial charge on any atom is -0.480 e. The highest BCUT2D eigenvalue weighted by Gasteiger charge is 2.19. The van der Waals surface area contributed by atoms with Crippen molar-refractivity contribution in [2.45, 2.75) is 20.0 Å². The molecule has 0 atom stereocenters. The summed E-state index contributed by atoms with van der Waals surface area (Å²) in [4.78, 5) is 19.1. The molecular formula is C11H19N5O2. The molecule has 0 aliphatic carbocycles. The molecule has 0 aromatic carbocycles. The SMILES string of the molecule is CCn1ncnc1CN1CCN(CC(=O)O)CC1. The molecule has 0 unspecified atom stereocenters. The zero-order chi connectivity index (χ0) is 13.0. The Labute approximate surface area is 106 Å². The Bertz CT molecular complexity index is 398. The molecule has 1 aromatic rings. The van der Waals surface area contributed by atoms with E-state index in [1.165, 1.54) is 0 Å². The third-order valence-electron chi connectivity index (χ3n) is 3.18. The van der Waals surface area contributed by atoms with Crippen LogP contribution in [0.15, 0.2) is 6.33 Å².